The Morgan fingerprint density at radius 3 is 2.81 bits per heavy atom. The van der Waals surface area contributed by atoms with E-state index in [1.807, 2.05) is 0 Å². The second-order valence-electron chi connectivity index (χ2n) is 2.95. The van der Waals surface area contributed by atoms with Crippen LogP contribution in [0.15, 0.2) is 10.7 Å². The maximum absolute atomic E-state index is 10.5. The number of aryl methyl sites for hydroxylation is 1. The van der Waals surface area contributed by atoms with Crippen molar-refractivity contribution < 1.29 is 4.92 Å². The topological polar surface area (TPSA) is 105 Å². The fraction of sp³-hybridized carbons (Fsp3) is 0.333. The van der Waals surface area contributed by atoms with Gasteiger partial charge < -0.3 is 10.1 Å². The second-order valence-corrected chi connectivity index (χ2v) is 3.80. The molecule has 84 valence electrons. The Morgan fingerprint density at radius 2 is 2.31 bits per heavy atom. The van der Waals surface area contributed by atoms with Crippen molar-refractivity contribution in [2.24, 2.45) is 7.05 Å². The molecule has 16 heavy (non-hydrogen) atoms. The van der Waals surface area contributed by atoms with Crippen LogP contribution in [-0.2, 0) is 13.6 Å². The molecule has 2 rings (SSSR count). The molecule has 0 bridgehead atoms. The van der Waals surface area contributed by atoms with E-state index in [-0.39, 0.29) is 12.4 Å². The average molecular weight is 288 g/mol. The molecule has 2 aromatic heterocycles. The molecule has 0 atom stereocenters. The van der Waals surface area contributed by atoms with Gasteiger partial charge in [0.05, 0.1) is 18.3 Å². The van der Waals surface area contributed by atoms with Gasteiger partial charge in [0.2, 0.25) is 0 Å². The zero-order valence-corrected chi connectivity index (χ0v) is 9.70. The van der Waals surface area contributed by atoms with Gasteiger partial charge in [-0.1, -0.05) is 0 Å². The molecule has 2 aromatic rings. The zero-order chi connectivity index (χ0) is 11.7. The third-order valence-electron chi connectivity index (χ3n) is 1.73. The number of hydrogen-bond donors (Lipinski definition) is 0. The second kappa shape index (κ2) is 3.96. The van der Waals surface area contributed by atoms with Crippen LogP contribution in [0.2, 0.25) is 0 Å². The predicted octanol–water partition coefficient (Wildman–Crippen LogP) is 0.126. The van der Waals surface area contributed by atoms with Gasteiger partial charge in [-0.25, -0.2) is 0 Å². The number of hydrogen-bond acceptors (Lipinski definition) is 6. The first-order valence-corrected chi connectivity index (χ1v) is 4.96. The lowest BCUT2D eigenvalue weighted by Gasteiger charge is -1.88. The van der Waals surface area contributed by atoms with Gasteiger partial charge in [0.25, 0.3) is 0 Å². The molecule has 2 heterocycles. The summed E-state index contributed by atoms with van der Waals surface area (Å²) in [6.07, 6.45) is 1.49. The van der Waals surface area contributed by atoms with E-state index in [0.29, 0.717) is 10.3 Å². The molecule has 0 spiro atoms. The Bertz CT molecular complexity index is 533. The monoisotopic (exact) mass is 287 g/mol. The molecule has 0 saturated heterocycles. The summed E-state index contributed by atoms with van der Waals surface area (Å²) in [7, 11) is 1.64. The number of aromatic nitrogens is 6. The van der Waals surface area contributed by atoms with Crippen LogP contribution in [0, 0.1) is 10.1 Å². The van der Waals surface area contributed by atoms with Crippen molar-refractivity contribution >= 4 is 21.7 Å². The van der Waals surface area contributed by atoms with Crippen LogP contribution in [0.3, 0.4) is 0 Å². The summed E-state index contributed by atoms with van der Waals surface area (Å²) in [5, 5.41) is 25.6. The highest BCUT2D eigenvalue weighted by atomic mass is 79.9. The van der Waals surface area contributed by atoms with Crippen molar-refractivity contribution in [2.75, 3.05) is 0 Å². The maximum atomic E-state index is 10.5. The third-order valence-corrected chi connectivity index (χ3v) is 2.28. The van der Waals surface area contributed by atoms with Crippen molar-refractivity contribution in [3.05, 3.63) is 26.6 Å². The van der Waals surface area contributed by atoms with Crippen molar-refractivity contribution in [1.29, 1.82) is 0 Å². The summed E-state index contributed by atoms with van der Waals surface area (Å²) in [6.45, 7) is 0.236. The van der Waals surface area contributed by atoms with E-state index in [0.717, 1.165) is 0 Å². The molecule has 9 nitrogen and oxygen atoms in total. The van der Waals surface area contributed by atoms with Gasteiger partial charge in [0.1, 0.15) is 11.0 Å². The first-order valence-electron chi connectivity index (χ1n) is 4.16. The van der Waals surface area contributed by atoms with Crippen molar-refractivity contribution in [2.45, 2.75) is 6.54 Å². The summed E-state index contributed by atoms with van der Waals surface area (Å²) in [6, 6.07) is 0. The van der Waals surface area contributed by atoms with Crippen molar-refractivity contribution in [1.82, 2.24) is 30.0 Å². The lowest BCUT2D eigenvalue weighted by Crippen LogP contribution is -2.03. The average Bonchev–Trinajstić information content (AvgIpc) is 2.73. The molecule has 0 amide bonds. The fourth-order valence-corrected chi connectivity index (χ4v) is 1.58. The minimum Gasteiger partial charge on any atom is -0.358 e. The molecular weight excluding hydrogens is 282 g/mol. The number of halogens is 1. The van der Waals surface area contributed by atoms with E-state index in [1.54, 1.807) is 7.05 Å². The van der Waals surface area contributed by atoms with Gasteiger partial charge >= 0.3 is 5.82 Å². The van der Waals surface area contributed by atoms with Crippen LogP contribution in [0.5, 0.6) is 0 Å². The van der Waals surface area contributed by atoms with Crippen LogP contribution in [0.4, 0.5) is 5.82 Å². The number of tetrazole rings is 1. The summed E-state index contributed by atoms with van der Waals surface area (Å²) < 4.78 is 1.69. The van der Waals surface area contributed by atoms with Crippen LogP contribution < -0.4 is 0 Å². The summed E-state index contributed by atoms with van der Waals surface area (Å²) >= 11 is 3.05. The molecule has 0 fully saturated rings. The van der Waals surface area contributed by atoms with Gasteiger partial charge in [-0.2, -0.15) is 9.48 Å². The fourth-order valence-electron chi connectivity index (χ4n) is 1.12. The van der Waals surface area contributed by atoms with E-state index >= 15 is 0 Å². The number of rotatable bonds is 3. The van der Waals surface area contributed by atoms with E-state index in [4.69, 9.17) is 0 Å². The predicted molar refractivity (Wildman–Crippen MR) is 54.5 cm³/mol. The minimum absolute atomic E-state index is 0.233. The molecule has 0 aliphatic carbocycles. The molecule has 0 aliphatic heterocycles. The van der Waals surface area contributed by atoms with Crippen LogP contribution in [0.1, 0.15) is 5.82 Å². The van der Waals surface area contributed by atoms with Gasteiger partial charge in [0, 0.05) is 0 Å². The Morgan fingerprint density at radius 1 is 1.56 bits per heavy atom. The molecular formula is C6H6BrN7O2. The Labute approximate surface area is 97.3 Å². The normalized spacial score (nSPS) is 10.6. The molecule has 0 saturated carbocycles. The largest absolute Gasteiger partial charge is 0.404 e. The Hall–Kier alpha value is -1.84. The summed E-state index contributed by atoms with van der Waals surface area (Å²) in [4.78, 5) is 11.3. The SMILES string of the molecule is Cn1nnc(Cn2cc(Br)c([N+](=O)[O-])n2)n1. The standard InChI is InChI=1S/C6H6BrN7O2/c1-12-9-5(8-11-12)3-13-2-4(7)6(10-13)14(15)16/h2H,3H2,1H3. The van der Waals surface area contributed by atoms with Crippen LogP contribution >= 0.6 is 15.9 Å². The first-order chi connectivity index (χ1) is 7.56. The summed E-state index contributed by atoms with van der Waals surface area (Å²) in [5.41, 5.74) is 0. The van der Waals surface area contributed by atoms with Gasteiger partial charge in [-0.15, -0.1) is 10.2 Å². The summed E-state index contributed by atoms with van der Waals surface area (Å²) in [5.74, 6) is 0.205. The Balaban J connectivity index is 2.22. The van der Waals surface area contributed by atoms with Gasteiger partial charge in [0.15, 0.2) is 5.82 Å². The zero-order valence-electron chi connectivity index (χ0n) is 8.11. The molecule has 0 N–H and O–H groups in total. The quantitative estimate of drug-likeness (QED) is 0.587. The highest BCUT2D eigenvalue weighted by Crippen LogP contribution is 2.22. The molecule has 0 unspecified atom stereocenters. The van der Waals surface area contributed by atoms with Crippen LogP contribution in [0.25, 0.3) is 0 Å². The molecule has 10 heteroatoms. The third kappa shape index (κ3) is 2.05. The van der Waals surface area contributed by atoms with Crippen molar-refractivity contribution in [3.63, 3.8) is 0 Å². The Kier molecular flexibility index (Phi) is 2.64. The lowest BCUT2D eigenvalue weighted by atomic mass is 10.6. The highest BCUT2D eigenvalue weighted by molar-refractivity contribution is 9.10. The molecule has 0 aliphatic rings. The van der Waals surface area contributed by atoms with E-state index in [1.165, 1.54) is 15.7 Å². The number of nitrogens with zero attached hydrogens (tertiary/aromatic N) is 7. The molecule has 0 radical (unpaired) electrons. The van der Waals surface area contributed by atoms with E-state index < -0.39 is 4.92 Å². The minimum atomic E-state index is -0.565. The maximum Gasteiger partial charge on any atom is 0.404 e. The molecule has 0 aromatic carbocycles. The van der Waals surface area contributed by atoms with Gasteiger partial charge in [-0.05, 0) is 26.1 Å². The highest BCUT2D eigenvalue weighted by Gasteiger charge is 2.19. The van der Waals surface area contributed by atoms with Crippen molar-refractivity contribution in [3.8, 4) is 0 Å². The van der Waals surface area contributed by atoms with Gasteiger partial charge in [-0.3, -0.25) is 0 Å². The smallest absolute Gasteiger partial charge is 0.358 e. The van der Waals surface area contributed by atoms with E-state index in [2.05, 4.69) is 36.4 Å². The first kappa shape index (κ1) is 10.7. The van der Waals surface area contributed by atoms with Crippen LogP contribution in [-0.4, -0.2) is 34.9 Å². The lowest BCUT2D eigenvalue weighted by molar-refractivity contribution is -0.390. The van der Waals surface area contributed by atoms with E-state index in [9.17, 15) is 10.1 Å². The number of nitro groups is 1.